The van der Waals surface area contributed by atoms with E-state index in [-0.39, 0.29) is 12.5 Å². The zero-order chi connectivity index (χ0) is 11.4. The van der Waals surface area contributed by atoms with Gasteiger partial charge in [0.25, 0.3) is 0 Å². The maximum absolute atomic E-state index is 11.2. The van der Waals surface area contributed by atoms with E-state index >= 15 is 0 Å². The van der Waals surface area contributed by atoms with Crippen LogP contribution >= 0.6 is 31.9 Å². The third-order valence-corrected chi connectivity index (χ3v) is 2.95. The Morgan fingerprint density at radius 1 is 1.47 bits per heavy atom. The molecule has 1 aromatic carbocycles. The van der Waals surface area contributed by atoms with Crippen LogP contribution in [0.25, 0.3) is 0 Å². The maximum atomic E-state index is 11.2. The van der Waals surface area contributed by atoms with E-state index < -0.39 is 0 Å². The van der Waals surface area contributed by atoms with Gasteiger partial charge in [-0.05, 0) is 44.0 Å². The average Bonchev–Trinajstić information content (AvgIpc) is 2.14. The predicted molar refractivity (Wildman–Crippen MR) is 66.8 cm³/mol. The number of amides is 1. The normalized spacial score (nSPS) is 10.1. The Morgan fingerprint density at radius 3 is 2.47 bits per heavy atom. The van der Waals surface area contributed by atoms with Gasteiger partial charge < -0.3 is 15.8 Å². The summed E-state index contributed by atoms with van der Waals surface area (Å²) in [6.07, 6.45) is 0. The summed E-state index contributed by atoms with van der Waals surface area (Å²) in [7, 11) is 1.47. The molecular formula is C9H10Br2N2O2. The standard InChI is InChI=1S/C9H10Br2N2O2/c1-15-4-8(14)13-5-2-6(10)9(12)7(11)3-5/h2-3H,4,12H2,1H3,(H,13,14). The summed E-state index contributed by atoms with van der Waals surface area (Å²) < 4.78 is 6.15. The number of nitrogens with one attached hydrogen (secondary N) is 1. The number of hydrogen-bond donors (Lipinski definition) is 2. The summed E-state index contributed by atoms with van der Waals surface area (Å²) in [6.45, 7) is 0.0274. The van der Waals surface area contributed by atoms with Crippen molar-refractivity contribution in [1.29, 1.82) is 0 Å². The van der Waals surface area contributed by atoms with Crippen LogP contribution in [-0.4, -0.2) is 19.6 Å². The number of benzene rings is 1. The minimum Gasteiger partial charge on any atom is -0.397 e. The van der Waals surface area contributed by atoms with Gasteiger partial charge in [0.2, 0.25) is 5.91 Å². The number of nitrogen functional groups attached to an aromatic ring is 1. The van der Waals surface area contributed by atoms with Gasteiger partial charge in [-0.15, -0.1) is 0 Å². The number of methoxy groups -OCH3 is 1. The van der Waals surface area contributed by atoms with Crippen molar-refractivity contribution in [3.8, 4) is 0 Å². The van der Waals surface area contributed by atoms with Crippen molar-refractivity contribution in [2.75, 3.05) is 24.8 Å². The number of hydrogen-bond acceptors (Lipinski definition) is 3. The fraction of sp³-hybridized carbons (Fsp3) is 0.222. The van der Waals surface area contributed by atoms with Crippen molar-refractivity contribution < 1.29 is 9.53 Å². The van der Waals surface area contributed by atoms with Gasteiger partial charge in [-0.1, -0.05) is 0 Å². The van der Waals surface area contributed by atoms with Crippen LogP contribution in [0.4, 0.5) is 11.4 Å². The van der Waals surface area contributed by atoms with Crippen LogP contribution in [0.5, 0.6) is 0 Å². The van der Waals surface area contributed by atoms with Gasteiger partial charge >= 0.3 is 0 Å². The van der Waals surface area contributed by atoms with E-state index in [1.807, 2.05) is 0 Å². The molecule has 3 N–H and O–H groups in total. The van der Waals surface area contributed by atoms with Crippen molar-refractivity contribution in [3.63, 3.8) is 0 Å². The minimum atomic E-state index is -0.207. The number of ether oxygens (including phenoxy) is 1. The summed E-state index contributed by atoms with van der Waals surface area (Å²) in [5, 5.41) is 2.67. The third-order valence-electron chi connectivity index (χ3n) is 1.64. The lowest BCUT2D eigenvalue weighted by Gasteiger charge is -2.08. The van der Waals surface area contributed by atoms with Gasteiger partial charge in [0.05, 0.1) is 5.69 Å². The number of nitrogens with two attached hydrogens (primary N) is 1. The Hall–Kier alpha value is -0.590. The van der Waals surface area contributed by atoms with E-state index in [0.29, 0.717) is 11.4 Å². The molecule has 0 spiro atoms. The molecule has 0 saturated carbocycles. The Kier molecular flexibility index (Phi) is 4.56. The zero-order valence-electron chi connectivity index (χ0n) is 8.01. The molecular weight excluding hydrogens is 328 g/mol. The zero-order valence-corrected chi connectivity index (χ0v) is 11.2. The first-order valence-electron chi connectivity index (χ1n) is 4.08. The highest BCUT2D eigenvalue weighted by Gasteiger charge is 2.06. The third kappa shape index (κ3) is 3.48. The summed E-state index contributed by atoms with van der Waals surface area (Å²) in [5.41, 5.74) is 6.96. The fourth-order valence-corrected chi connectivity index (χ4v) is 2.17. The molecule has 0 aliphatic carbocycles. The van der Waals surface area contributed by atoms with Crippen LogP contribution in [0.1, 0.15) is 0 Å². The lowest BCUT2D eigenvalue weighted by molar-refractivity contribution is -0.119. The second-order valence-electron chi connectivity index (χ2n) is 2.83. The van der Waals surface area contributed by atoms with Crippen LogP contribution in [0.3, 0.4) is 0 Å². The Morgan fingerprint density at radius 2 is 2.00 bits per heavy atom. The molecule has 0 aliphatic heterocycles. The second kappa shape index (κ2) is 5.48. The van der Waals surface area contributed by atoms with Crippen molar-refractivity contribution in [1.82, 2.24) is 0 Å². The highest BCUT2D eigenvalue weighted by molar-refractivity contribution is 9.11. The van der Waals surface area contributed by atoms with Crippen LogP contribution in [0.2, 0.25) is 0 Å². The summed E-state index contributed by atoms with van der Waals surface area (Å²) in [4.78, 5) is 11.2. The van der Waals surface area contributed by atoms with E-state index in [9.17, 15) is 4.79 Å². The average molecular weight is 338 g/mol. The molecule has 15 heavy (non-hydrogen) atoms. The van der Waals surface area contributed by atoms with Crippen molar-refractivity contribution >= 4 is 49.1 Å². The van der Waals surface area contributed by atoms with E-state index in [1.54, 1.807) is 12.1 Å². The summed E-state index contributed by atoms with van der Waals surface area (Å²) in [6, 6.07) is 3.46. The Balaban J connectivity index is 2.83. The smallest absolute Gasteiger partial charge is 0.250 e. The van der Waals surface area contributed by atoms with E-state index in [2.05, 4.69) is 37.2 Å². The van der Waals surface area contributed by atoms with Gasteiger partial charge in [-0.2, -0.15) is 0 Å². The second-order valence-corrected chi connectivity index (χ2v) is 4.54. The molecule has 1 aromatic rings. The van der Waals surface area contributed by atoms with Crippen LogP contribution in [-0.2, 0) is 9.53 Å². The molecule has 6 heteroatoms. The highest BCUT2D eigenvalue weighted by atomic mass is 79.9. The number of anilines is 2. The Bertz CT molecular complexity index is 359. The summed E-state index contributed by atoms with van der Waals surface area (Å²) in [5.74, 6) is -0.207. The topological polar surface area (TPSA) is 64.3 Å². The molecule has 0 atom stereocenters. The number of halogens is 2. The Labute approximate surface area is 104 Å². The molecule has 0 saturated heterocycles. The van der Waals surface area contributed by atoms with Crippen molar-refractivity contribution in [3.05, 3.63) is 21.1 Å². The summed E-state index contributed by atoms with van der Waals surface area (Å²) >= 11 is 6.58. The maximum Gasteiger partial charge on any atom is 0.250 e. The molecule has 1 amide bonds. The van der Waals surface area contributed by atoms with Gasteiger partial charge in [-0.3, -0.25) is 4.79 Å². The first-order chi connectivity index (χ1) is 7.04. The molecule has 0 bridgehead atoms. The molecule has 0 fully saturated rings. The highest BCUT2D eigenvalue weighted by Crippen LogP contribution is 2.31. The van der Waals surface area contributed by atoms with Crippen LogP contribution in [0.15, 0.2) is 21.1 Å². The molecule has 4 nitrogen and oxygen atoms in total. The largest absolute Gasteiger partial charge is 0.397 e. The number of carbonyl (C=O) groups excluding carboxylic acids is 1. The minimum absolute atomic E-state index is 0.0274. The lowest BCUT2D eigenvalue weighted by Crippen LogP contribution is -2.17. The first kappa shape index (κ1) is 12.5. The van der Waals surface area contributed by atoms with Crippen molar-refractivity contribution in [2.45, 2.75) is 0 Å². The molecule has 0 radical (unpaired) electrons. The SMILES string of the molecule is COCC(=O)Nc1cc(Br)c(N)c(Br)c1. The molecule has 0 aliphatic rings. The quantitative estimate of drug-likeness (QED) is 0.832. The van der Waals surface area contributed by atoms with Crippen LogP contribution in [0, 0.1) is 0 Å². The van der Waals surface area contributed by atoms with Gasteiger partial charge in [-0.25, -0.2) is 0 Å². The van der Waals surface area contributed by atoms with Gasteiger partial charge in [0.1, 0.15) is 6.61 Å². The predicted octanol–water partition coefficient (Wildman–Crippen LogP) is 2.38. The lowest BCUT2D eigenvalue weighted by atomic mass is 10.3. The molecule has 0 unspecified atom stereocenters. The molecule has 0 aromatic heterocycles. The first-order valence-corrected chi connectivity index (χ1v) is 5.66. The van der Waals surface area contributed by atoms with Gasteiger partial charge in [0, 0.05) is 21.7 Å². The van der Waals surface area contributed by atoms with E-state index in [4.69, 9.17) is 10.5 Å². The van der Waals surface area contributed by atoms with Crippen molar-refractivity contribution in [2.24, 2.45) is 0 Å². The monoisotopic (exact) mass is 336 g/mol. The molecule has 0 heterocycles. The van der Waals surface area contributed by atoms with Crippen LogP contribution < -0.4 is 11.1 Å². The number of rotatable bonds is 3. The van der Waals surface area contributed by atoms with Gasteiger partial charge in [0.15, 0.2) is 0 Å². The van der Waals surface area contributed by atoms with E-state index in [1.165, 1.54) is 7.11 Å². The van der Waals surface area contributed by atoms with E-state index in [0.717, 1.165) is 8.95 Å². The fourth-order valence-electron chi connectivity index (χ4n) is 0.985. The molecule has 82 valence electrons. The molecule has 1 rings (SSSR count). The number of carbonyl (C=O) groups is 1.